The molecule has 0 saturated carbocycles. The summed E-state index contributed by atoms with van der Waals surface area (Å²) >= 11 is 0. The third kappa shape index (κ3) is 7.67. The maximum Gasteiger partial charge on any atom is 0.411 e. The first kappa shape index (κ1) is 18.7. The lowest BCUT2D eigenvalue weighted by Crippen LogP contribution is -2.34. The molecule has 0 bridgehead atoms. The van der Waals surface area contributed by atoms with Gasteiger partial charge in [-0.05, 0) is 22.8 Å². The quantitative estimate of drug-likeness (QED) is 0.804. The average molecular weight is 353 g/mol. The van der Waals surface area contributed by atoms with Gasteiger partial charge >= 0.3 is 12.2 Å². The van der Waals surface area contributed by atoms with Gasteiger partial charge in [0.15, 0.2) is 0 Å². The van der Waals surface area contributed by atoms with E-state index in [1.807, 2.05) is 6.07 Å². The number of carbonyl (C=O) groups excluding carboxylic acids is 1. The van der Waals surface area contributed by atoms with E-state index in [4.69, 9.17) is 0 Å². The lowest BCUT2D eigenvalue weighted by Gasteiger charge is -2.09. The Morgan fingerprint density at radius 2 is 1.64 bits per heavy atom. The van der Waals surface area contributed by atoms with Crippen LogP contribution in [-0.2, 0) is 24.4 Å². The highest BCUT2D eigenvalue weighted by Gasteiger charge is 2.27. The average Bonchev–Trinajstić information content (AvgIpc) is 2.59. The molecule has 0 aliphatic rings. The number of amides is 2. The molecule has 134 valence electrons. The van der Waals surface area contributed by atoms with E-state index in [0.717, 1.165) is 11.1 Å². The van der Waals surface area contributed by atoms with Crippen LogP contribution in [0.4, 0.5) is 18.0 Å². The van der Waals surface area contributed by atoms with Crippen LogP contribution in [0.3, 0.4) is 0 Å². The second-order valence-corrected chi connectivity index (χ2v) is 5.32. The van der Waals surface area contributed by atoms with Gasteiger partial charge in [-0.1, -0.05) is 30.3 Å². The Morgan fingerprint density at radius 3 is 2.24 bits per heavy atom. The van der Waals surface area contributed by atoms with E-state index < -0.39 is 12.8 Å². The largest absolute Gasteiger partial charge is 0.411 e. The number of hydrogen-bond acceptors (Lipinski definition) is 3. The minimum atomic E-state index is -4.33. The Morgan fingerprint density at radius 1 is 1.00 bits per heavy atom. The molecule has 1 aromatic carbocycles. The van der Waals surface area contributed by atoms with E-state index in [2.05, 4.69) is 20.4 Å². The van der Waals surface area contributed by atoms with Crippen molar-refractivity contribution < 1.29 is 22.7 Å². The van der Waals surface area contributed by atoms with Gasteiger partial charge in [0, 0.05) is 25.5 Å². The van der Waals surface area contributed by atoms with Crippen LogP contribution in [-0.4, -0.2) is 23.8 Å². The van der Waals surface area contributed by atoms with Gasteiger partial charge in [-0.25, -0.2) is 4.79 Å². The molecule has 2 aromatic rings. The van der Waals surface area contributed by atoms with Crippen molar-refractivity contribution in [2.24, 2.45) is 0 Å². The summed E-state index contributed by atoms with van der Waals surface area (Å²) in [6, 6.07) is 10.1. The molecule has 0 spiro atoms. The van der Waals surface area contributed by atoms with Gasteiger partial charge in [0.05, 0.1) is 6.61 Å². The zero-order valence-electron chi connectivity index (χ0n) is 13.3. The number of pyridine rings is 1. The number of nitrogens with zero attached hydrogens (tertiary/aromatic N) is 1. The lowest BCUT2D eigenvalue weighted by atomic mass is 10.1. The van der Waals surface area contributed by atoms with Crippen molar-refractivity contribution in [2.75, 3.05) is 6.61 Å². The fourth-order valence-electron chi connectivity index (χ4n) is 1.97. The van der Waals surface area contributed by atoms with Crippen molar-refractivity contribution in [2.45, 2.75) is 25.9 Å². The number of rotatable bonds is 7. The van der Waals surface area contributed by atoms with Crippen molar-refractivity contribution in [1.82, 2.24) is 15.6 Å². The van der Waals surface area contributed by atoms with Crippen LogP contribution in [0.1, 0.15) is 16.7 Å². The molecule has 0 unspecified atom stereocenters. The summed E-state index contributed by atoms with van der Waals surface area (Å²) in [5.74, 6) is 0. The molecular weight excluding hydrogens is 335 g/mol. The molecule has 2 N–H and O–H groups in total. The van der Waals surface area contributed by atoms with E-state index in [1.165, 1.54) is 0 Å². The Hall–Kier alpha value is -2.61. The topological polar surface area (TPSA) is 63.2 Å². The fraction of sp³-hybridized carbons (Fsp3) is 0.294. The van der Waals surface area contributed by atoms with Crippen molar-refractivity contribution >= 4 is 6.03 Å². The Bertz CT molecular complexity index is 661. The maximum absolute atomic E-state index is 12.0. The number of hydrogen-bond donors (Lipinski definition) is 2. The second kappa shape index (κ2) is 9.03. The molecule has 2 rings (SSSR count). The zero-order chi connectivity index (χ0) is 18.1. The first-order valence-corrected chi connectivity index (χ1v) is 7.55. The number of ether oxygens (including phenoxy) is 1. The molecule has 1 aromatic heterocycles. The number of aromatic nitrogens is 1. The molecule has 0 fully saturated rings. The molecule has 25 heavy (non-hydrogen) atoms. The highest BCUT2D eigenvalue weighted by atomic mass is 19.4. The van der Waals surface area contributed by atoms with Crippen LogP contribution in [0.2, 0.25) is 0 Å². The predicted molar refractivity (Wildman–Crippen MR) is 85.5 cm³/mol. The van der Waals surface area contributed by atoms with Gasteiger partial charge in [0.1, 0.15) is 6.61 Å². The number of urea groups is 1. The Labute approximate surface area is 143 Å². The third-order valence-electron chi connectivity index (χ3n) is 3.19. The van der Waals surface area contributed by atoms with Gasteiger partial charge in [0.2, 0.25) is 0 Å². The number of alkyl halides is 3. The maximum atomic E-state index is 12.0. The van der Waals surface area contributed by atoms with E-state index in [1.54, 1.807) is 42.7 Å². The molecule has 2 amide bonds. The van der Waals surface area contributed by atoms with Crippen LogP contribution >= 0.6 is 0 Å². The zero-order valence-corrected chi connectivity index (χ0v) is 13.3. The number of carbonyl (C=O) groups is 1. The van der Waals surface area contributed by atoms with Gasteiger partial charge in [0.25, 0.3) is 0 Å². The van der Waals surface area contributed by atoms with Gasteiger partial charge < -0.3 is 15.4 Å². The molecule has 5 nitrogen and oxygen atoms in total. The van der Waals surface area contributed by atoms with Gasteiger partial charge in [-0.2, -0.15) is 13.2 Å². The normalized spacial score (nSPS) is 11.2. The minimum Gasteiger partial charge on any atom is -0.367 e. The van der Waals surface area contributed by atoms with Crippen molar-refractivity contribution in [3.05, 3.63) is 65.5 Å². The molecule has 8 heteroatoms. The van der Waals surface area contributed by atoms with Gasteiger partial charge in [-0.3, -0.25) is 4.98 Å². The van der Waals surface area contributed by atoms with Crippen molar-refractivity contribution in [3.8, 4) is 0 Å². The smallest absolute Gasteiger partial charge is 0.367 e. The summed E-state index contributed by atoms with van der Waals surface area (Å²) in [4.78, 5) is 15.7. The van der Waals surface area contributed by atoms with Crippen molar-refractivity contribution in [1.29, 1.82) is 0 Å². The summed E-state index contributed by atoms with van der Waals surface area (Å²) in [7, 11) is 0. The molecule has 0 radical (unpaired) electrons. The highest BCUT2D eigenvalue weighted by Crippen LogP contribution is 2.15. The standard InChI is InChI=1S/C17H18F3N3O2/c18-17(19,20)12-25-11-14-5-3-13(4-6-14)9-22-16(24)23-10-15-2-1-7-21-8-15/h1-8H,9-12H2,(H2,22,23,24). The van der Waals surface area contributed by atoms with E-state index in [9.17, 15) is 18.0 Å². The molecule has 0 saturated heterocycles. The third-order valence-corrected chi connectivity index (χ3v) is 3.19. The van der Waals surface area contributed by atoms with Crippen molar-refractivity contribution in [3.63, 3.8) is 0 Å². The number of benzene rings is 1. The Balaban J connectivity index is 1.69. The molecule has 0 atom stereocenters. The first-order valence-electron chi connectivity index (χ1n) is 7.55. The van der Waals surface area contributed by atoms with Crippen LogP contribution < -0.4 is 10.6 Å². The predicted octanol–water partition coefficient (Wildman–Crippen LogP) is 3.16. The van der Waals surface area contributed by atoms with Crippen LogP contribution in [0.15, 0.2) is 48.8 Å². The first-order chi connectivity index (χ1) is 11.9. The molecular formula is C17H18F3N3O2. The van der Waals surface area contributed by atoms with Crippen LogP contribution in [0.25, 0.3) is 0 Å². The fourth-order valence-corrected chi connectivity index (χ4v) is 1.97. The summed E-state index contributed by atoms with van der Waals surface area (Å²) < 4.78 is 40.6. The minimum absolute atomic E-state index is 0.112. The summed E-state index contributed by atoms with van der Waals surface area (Å²) in [6.07, 6.45) is -1.01. The van der Waals surface area contributed by atoms with Crippen LogP contribution in [0, 0.1) is 0 Å². The Kier molecular flexibility index (Phi) is 6.76. The molecule has 0 aliphatic carbocycles. The summed E-state index contributed by atoms with van der Waals surface area (Å²) in [6.45, 7) is -0.704. The molecule has 1 heterocycles. The van der Waals surface area contributed by atoms with E-state index >= 15 is 0 Å². The summed E-state index contributed by atoms with van der Waals surface area (Å²) in [5.41, 5.74) is 2.35. The second-order valence-electron chi connectivity index (χ2n) is 5.32. The highest BCUT2D eigenvalue weighted by molar-refractivity contribution is 5.73. The number of halogens is 3. The molecule has 0 aliphatic heterocycles. The van der Waals surface area contributed by atoms with E-state index in [-0.39, 0.29) is 12.6 Å². The van der Waals surface area contributed by atoms with Crippen LogP contribution in [0.5, 0.6) is 0 Å². The van der Waals surface area contributed by atoms with E-state index in [0.29, 0.717) is 18.7 Å². The van der Waals surface area contributed by atoms with Gasteiger partial charge in [-0.15, -0.1) is 0 Å². The SMILES string of the molecule is O=C(NCc1ccc(COCC(F)(F)F)cc1)NCc1cccnc1. The summed E-state index contributed by atoms with van der Waals surface area (Å²) in [5, 5.41) is 5.41. The lowest BCUT2D eigenvalue weighted by molar-refractivity contribution is -0.176. The number of nitrogens with one attached hydrogen (secondary N) is 2. The monoisotopic (exact) mass is 353 g/mol.